The molecular formula is C8H7F3N4O2. The lowest BCUT2D eigenvalue weighted by Crippen LogP contribution is -2.21. The van der Waals surface area contributed by atoms with E-state index < -0.39 is 12.1 Å². The molecule has 3 N–H and O–H groups in total. The summed E-state index contributed by atoms with van der Waals surface area (Å²) < 4.78 is 33.4. The van der Waals surface area contributed by atoms with Crippen LogP contribution in [0, 0.1) is 0 Å². The summed E-state index contributed by atoms with van der Waals surface area (Å²) in [6.07, 6.45) is -0.00556. The van der Waals surface area contributed by atoms with Crippen LogP contribution in [0.3, 0.4) is 0 Å². The third kappa shape index (κ3) is 3.33. The smallest absolute Gasteiger partial charge is 0.475 e. The summed E-state index contributed by atoms with van der Waals surface area (Å²) in [7, 11) is 0. The van der Waals surface area contributed by atoms with E-state index in [-0.39, 0.29) is 0 Å². The highest BCUT2D eigenvalue weighted by Crippen LogP contribution is 2.13. The first-order valence-corrected chi connectivity index (χ1v) is 4.16. The van der Waals surface area contributed by atoms with Gasteiger partial charge >= 0.3 is 12.1 Å². The zero-order valence-corrected chi connectivity index (χ0v) is 8.22. The molecule has 0 amide bonds. The summed E-state index contributed by atoms with van der Waals surface area (Å²) in [6.45, 7) is 0. The number of carbonyl (C=O) groups is 1. The van der Waals surface area contributed by atoms with Crippen LogP contribution in [-0.4, -0.2) is 31.9 Å². The standard InChI is InChI=1S/C6H6N4.C2HF3O2/c7-5-4-9-10-3-1-2-8-6(5)10;3-2(4,5)1(6)7/h1-4H,7H2;(H,6,7). The number of fused-ring (bicyclic) bond motifs is 1. The van der Waals surface area contributed by atoms with E-state index in [1.54, 1.807) is 29.2 Å². The zero-order valence-electron chi connectivity index (χ0n) is 8.22. The lowest BCUT2D eigenvalue weighted by Gasteiger charge is -1.93. The fraction of sp³-hybridized carbons (Fsp3) is 0.125. The lowest BCUT2D eigenvalue weighted by molar-refractivity contribution is -0.192. The first-order valence-electron chi connectivity index (χ1n) is 4.16. The summed E-state index contributed by atoms with van der Waals surface area (Å²) in [6, 6.07) is 1.80. The largest absolute Gasteiger partial charge is 0.490 e. The zero-order chi connectivity index (χ0) is 13.1. The molecule has 0 unspecified atom stereocenters. The monoisotopic (exact) mass is 248 g/mol. The summed E-state index contributed by atoms with van der Waals surface area (Å²) in [5.41, 5.74) is 6.85. The van der Waals surface area contributed by atoms with Crippen molar-refractivity contribution in [3.63, 3.8) is 0 Å². The maximum Gasteiger partial charge on any atom is 0.490 e. The number of halogens is 3. The van der Waals surface area contributed by atoms with Gasteiger partial charge in [0.15, 0.2) is 5.65 Å². The quantitative estimate of drug-likeness (QED) is 0.723. The van der Waals surface area contributed by atoms with E-state index in [0.29, 0.717) is 11.3 Å². The molecule has 17 heavy (non-hydrogen) atoms. The van der Waals surface area contributed by atoms with Crippen LogP contribution >= 0.6 is 0 Å². The molecule has 0 spiro atoms. The summed E-state index contributed by atoms with van der Waals surface area (Å²) in [4.78, 5) is 12.9. The van der Waals surface area contributed by atoms with Gasteiger partial charge in [-0.05, 0) is 6.07 Å². The van der Waals surface area contributed by atoms with Gasteiger partial charge in [0, 0.05) is 12.4 Å². The van der Waals surface area contributed by atoms with Crippen LogP contribution in [0.5, 0.6) is 0 Å². The van der Waals surface area contributed by atoms with E-state index in [4.69, 9.17) is 15.6 Å². The number of hydrogen-bond acceptors (Lipinski definition) is 4. The minimum Gasteiger partial charge on any atom is -0.475 e. The minimum atomic E-state index is -5.08. The van der Waals surface area contributed by atoms with Crippen LogP contribution in [0.15, 0.2) is 24.7 Å². The van der Waals surface area contributed by atoms with Crippen molar-refractivity contribution in [2.75, 3.05) is 5.73 Å². The second-order valence-electron chi connectivity index (χ2n) is 2.79. The van der Waals surface area contributed by atoms with E-state index in [0.717, 1.165) is 0 Å². The number of anilines is 1. The van der Waals surface area contributed by atoms with Crippen LogP contribution in [-0.2, 0) is 4.79 Å². The summed E-state index contributed by atoms with van der Waals surface area (Å²) in [5.74, 6) is -2.76. The summed E-state index contributed by atoms with van der Waals surface area (Å²) in [5, 5.41) is 11.1. The predicted molar refractivity (Wildman–Crippen MR) is 51.1 cm³/mol. The van der Waals surface area contributed by atoms with Gasteiger partial charge in [-0.1, -0.05) is 0 Å². The Labute approximate surface area is 92.5 Å². The second kappa shape index (κ2) is 4.68. The number of carboxylic acid groups (broad SMARTS) is 1. The number of nitrogen functional groups attached to an aromatic ring is 1. The number of hydrogen-bond donors (Lipinski definition) is 2. The Kier molecular flexibility index (Phi) is 3.51. The van der Waals surface area contributed by atoms with E-state index >= 15 is 0 Å². The van der Waals surface area contributed by atoms with Crippen LogP contribution in [0.2, 0.25) is 0 Å². The van der Waals surface area contributed by atoms with Crippen molar-refractivity contribution in [1.82, 2.24) is 14.6 Å². The van der Waals surface area contributed by atoms with Gasteiger partial charge in [-0.2, -0.15) is 18.3 Å². The molecule has 92 valence electrons. The van der Waals surface area contributed by atoms with Crippen molar-refractivity contribution in [2.24, 2.45) is 0 Å². The Morgan fingerprint density at radius 1 is 1.47 bits per heavy atom. The molecule has 0 aliphatic heterocycles. The van der Waals surface area contributed by atoms with Gasteiger partial charge in [-0.25, -0.2) is 14.3 Å². The highest BCUT2D eigenvalue weighted by molar-refractivity contribution is 5.73. The first kappa shape index (κ1) is 12.7. The third-order valence-electron chi connectivity index (χ3n) is 1.55. The molecule has 2 rings (SSSR count). The average molecular weight is 248 g/mol. The Hall–Kier alpha value is -2.32. The maximum absolute atomic E-state index is 10.6. The lowest BCUT2D eigenvalue weighted by atomic mass is 10.5. The molecule has 0 aliphatic carbocycles. The number of nitrogens with zero attached hydrogens (tertiary/aromatic N) is 3. The van der Waals surface area contributed by atoms with Crippen molar-refractivity contribution in [2.45, 2.75) is 6.18 Å². The number of nitrogens with two attached hydrogens (primary N) is 1. The second-order valence-corrected chi connectivity index (χ2v) is 2.79. The third-order valence-corrected chi connectivity index (χ3v) is 1.55. The molecule has 0 radical (unpaired) electrons. The number of aliphatic carboxylic acids is 1. The van der Waals surface area contributed by atoms with Crippen LogP contribution in [0.25, 0.3) is 5.65 Å². The first-order chi connectivity index (χ1) is 7.82. The number of aromatic nitrogens is 3. The molecule has 0 bridgehead atoms. The predicted octanol–water partition coefficient (Wildman–Crippen LogP) is 0.945. The molecule has 0 aliphatic rings. The van der Waals surface area contributed by atoms with Crippen LogP contribution in [0.1, 0.15) is 0 Å². The Morgan fingerprint density at radius 2 is 2.06 bits per heavy atom. The van der Waals surface area contributed by atoms with Crippen molar-refractivity contribution in [3.8, 4) is 0 Å². The average Bonchev–Trinajstić information content (AvgIpc) is 2.61. The van der Waals surface area contributed by atoms with Gasteiger partial charge in [0.1, 0.15) is 0 Å². The van der Waals surface area contributed by atoms with Crippen molar-refractivity contribution < 1.29 is 23.1 Å². The normalized spacial score (nSPS) is 10.8. The number of alkyl halides is 3. The van der Waals surface area contributed by atoms with Crippen molar-refractivity contribution in [3.05, 3.63) is 24.7 Å². The molecule has 0 saturated heterocycles. The highest BCUT2D eigenvalue weighted by atomic mass is 19.4. The Balaban J connectivity index is 0.000000185. The molecule has 2 aromatic rings. The number of rotatable bonds is 0. The Morgan fingerprint density at radius 3 is 2.53 bits per heavy atom. The van der Waals surface area contributed by atoms with Crippen molar-refractivity contribution in [1.29, 1.82) is 0 Å². The van der Waals surface area contributed by atoms with Gasteiger partial charge in [-0.3, -0.25) is 0 Å². The van der Waals surface area contributed by atoms with Crippen LogP contribution < -0.4 is 5.73 Å². The van der Waals surface area contributed by atoms with Gasteiger partial charge < -0.3 is 10.8 Å². The molecule has 2 aromatic heterocycles. The molecule has 9 heteroatoms. The fourth-order valence-corrected chi connectivity index (χ4v) is 0.846. The van der Waals surface area contributed by atoms with Gasteiger partial charge in [0.2, 0.25) is 0 Å². The van der Waals surface area contributed by atoms with E-state index in [2.05, 4.69) is 10.1 Å². The minimum absolute atomic E-state index is 0.612. The van der Waals surface area contributed by atoms with Crippen LogP contribution in [0.4, 0.5) is 18.9 Å². The van der Waals surface area contributed by atoms with E-state index in [1.807, 2.05) is 0 Å². The van der Waals surface area contributed by atoms with E-state index in [1.165, 1.54) is 0 Å². The topological polar surface area (TPSA) is 93.5 Å². The van der Waals surface area contributed by atoms with Gasteiger partial charge in [0.25, 0.3) is 0 Å². The molecule has 0 saturated carbocycles. The molecule has 2 heterocycles. The molecule has 0 aromatic carbocycles. The maximum atomic E-state index is 10.6. The van der Waals surface area contributed by atoms with Crippen molar-refractivity contribution >= 4 is 17.3 Å². The Bertz CT molecular complexity index is 523. The number of carboxylic acids is 1. The fourth-order valence-electron chi connectivity index (χ4n) is 0.846. The molecule has 0 atom stereocenters. The highest BCUT2D eigenvalue weighted by Gasteiger charge is 2.38. The summed E-state index contributed by atoms with van der Waals surface area (Å²) >= 11 is 0. The molecule has 0 fully saturated rings. The van der Waals surface area contributed by atoms with Gasteiger partial charge in [0.05, 0.1) is 11.9 Å². The van der Waals surface area contributed by atoms with E-state index in [9.17, 15) is 13.2 Å². The SMILES string of the molecule is Nc1cnn2cccnc12.O=C(O)C(F)(F)F. The molecular weight excluding hydrogens is 241 g/mol. The molecule has 6 nitrogen and oxygen atoms in total. The van der Waals surface area contributed by atoms with Gasteiger partial charge in [-0.15, -0.1) is 0 Å².